The van der Waals surface area contributed by atoms with Crippen LogP contribution in [0.4, 0.5) is 0 Å². The summed E-state index contributed by atoms with van der Waals surface area (Å²) in [6.07, 6.45) is 5.21. The molecule has 0 spiro atoms. The second-order valence-corrected chi connectivity index (χ2v) is 10.3. The number of aliphatic hydroxyl groups excluding tert-OH is 1. The van der Waals surface area contributed by atoms with Crippen LogP contribution in [-0.2, 0) is 20.6 Å². The molecule has 0 bridgehead atoms. The van der Waals surface area contributed by atoms with Crippen molar-refractivity contribution in [1.82, 2.24) is 9.21 Å². The molecule has 2 aliphatic rings. The molecule has 3 rings (SSSR count). The molecule has 1 aliphatic heterocycles. The topological polar surface area (TPSA) is 77.9 Å². The lowest BCUT2D eigenvalue weighted by molar-refractivity contribution is -0.143. The largest absolute Gasteiger partial charge is 0.391 e. The SMILES string of the molecule is CCCN(C(=O)C1CCN(S(=O)(=O)Cc2ccccc2)CC1)C1CCCCC1O. The van der Waals surface area contributed by atoms with Gasteiger partial charge in [0, 0.05) is 25.6 Å². The third-order valence-electron chi connectivity index (χ3n) is 6.23. The Hall–Kier alpha value is -1.44. The van der Waals surface area contributed by atoms with Crippen molar-refractivity contribution in [2.24, 2.45) is 5.92 Å². The van der Waals surface area contributed by atoms with Gasteiger partial charge in [-0.2, -0.15) is 0 Å². The van der Waals surface area contributed by atoms with Gasteiger partial charge in [0.05, 0.1) is 17.9 Å². The summed E-state index contributed by atoms with van der Waals surface area (Å²) in [7, 11) is -3.38. The van der Waals surface area contributed by atoms with E-state index in [0.29, 0.717) is 32.5 Å². The zero-order valence-corrected chi connectivity index (χ0v) is 18.2. The minimum absolute atomic E-state index is 0.00266. The molecule has 2 unspecified atom stereocenters. The highest BCUT2D eigenvalue weighted by molar-refractivity contribution is 7.88. The van der Waals surface area contributed by atoms with Gasteiger partial charge in [0.2, 0.25) is 15.9 Å². The molecule has 2 atom stereocenters. The fraction of sp³-hybridized carbons (Fsp3) is 0.682. The fourth-order valence-corrected chi connectivity index (χ4v) is 6.19. The summed E-state index contributed by atoms with van der Waals surface area (Å²) < 4.78 is 27.0. The molecule has 0 radical (unpaired) electrons. The third-order valence-corrected chi connectivity index (χ3v) is 8.08. The zero-order chi connectivity index (χ0) is 20.9. The molecule has 7 heteroatoms. The molecular formula is C22H34N2O4S. The lowest BCUT2D eigenvalue weighted by Gasteiger charge is -2.40. The minimum Gasteiger partial charge on any atom is -0.391 e. The van der Waals surface area contributed by atoms with Crippen LogP contribution >= 0.6 is 0 Å². The van der Waals surface area contributed by atoms with E-state index in [9.17, 15) is 18.3 Å². The van der Waals surface area contributed by atoms with Gasteiger partial charge in [-0.15, -0.1) is 0 Å². The first-order valence-corrected chi connectivity index (χ1v) is 12.5. The molecule has 6 nitrogen and oxygen atoms in total. The minimum atomic E-state index is -3.38. The van der Waals surface area contributed by atoms with E-state index in [1.807, 2.05) is 42.2 Å². The van der Waals surface area contributed by atoms with Gasteiger partial charge >= 0.3 is 0 Å². The van der Waals surface area contributed by atoms with E-state index in [2.05, 4.69) is 0 Å². The number of piperidine rings is 1. The van der Waals surface area contributed by atoms with E-state index in [1.165, 1.54) is 4.31 Å². The molecule has 1 saturated carbocycles. The summed E-state index contributed by atoms with van der Waals surface area (Å²) in [5.41, 5.74) is 0.783. The van der Waals surface area contributed by atoms with E-state index in [4.69, 9.17) is 0 Å². The first kappa shape index (κ1) is 22.2. The van der Waals surface area contributed by atoms with E-state index in [0.717, 1.165) is 37.7 Å². The highest BCUT2D eigenvalue weighted by atomic mass is 32.2. The van der Waals surface area contributed by atoms with Gasteiger partial charge in [0.25, 0.3) is 0 Å². The van der Waals surface area contributed by atoms with Crippen molar-refractivity contribution in [2.45, 2.75) is 69.8 Å². The fourth-order valence-electron chi connectivity index (χ4n) is 4.63. The maximum absolute atomic E-state index is 13.2. The van der Waals surface area contributed by atoms with Crippen molar-refractivity contribution in [2.75, 3.05) is 19.6 Å². The van der Waals surface area contributed by atoms with Crippen molar-refractivity contribution in [3.63, 3.8) is 0 Å². The number of sulfonamides is 1. The van der Waals surface area contributed by atoms with Crippen LogP contribution in [0.1, 0.15) is 57.4 Å². The molecule has 29 heavy (non-hydrogen) atoms. The Balaban J connectivity index is 1.60. The van der Waals surface area contributed by atoms with E-state index >= 15 is 0 Å². The molecule has 1 aromatic carbocycles. The number of aliphatic hydroxyl groups is 1. The molecule has 1 amide bonds. The number of amides is 1. The normalized spacial score (nSPS) is 24.3. The highest BCUT2D eigenvalue weighted by Gasteiger charge is 2.37. The van der Waals surface area contributed by atoms with Gasteiger partial charge < -0.3 is 10.0 Å². The molecule has 1 heterocycles. The lowest BCUT2D eigenvalue weighted by atomic mass is 9.89. The summed E-state index contributed by atoms with van der Waals surface area (Å²) in [4.78, 5) is 15.1. The maximum atomic E-state index is 13.2. The Morgan fingerprint density at radius 3 is 2.38 bits per heavy atom. The van der Waals surface area contributed by atoms with Crippen molar-refractivity contribution < 1.29 is 18.3 Å². The van der Waals surface area contributed by atoms with Gasteiger partial charge in [-0.3, -0.25) is 4.79 Å². The Bertz CT molecular complexity index is 760. The van der Waals surface area contributed by atoms with Crippen LogP contribution in [-0.4, -0.2) is 60.4 Å². The van der Waals surface area contributed by atoms with E-state index < -0.39 is 16.1 Å². The average Bonchev–Trinajstić information content (AvgIpc) is 2.73. The Morgan fingerprint density at radius 1 is 1.10 bits per heavy atom. The second-order valence-electron chi connectivity index (χ2n) is 8.37. The van der Waals surface area contributed by atoms with Crippen LogP contribution in [0.25, 0.3) is 0 Å². The van der Waals surface area contributed by atoms with Crippen LogP contribution in [0.2, 0.25) is 0 Å². The molecule has 1 saturated heterocycles. The predicted octanol–water partition coefficient (Wildman–Crippen LogP) is 2.77. The Morgan fingerprint density at radius 2 is 1.76 bits per heavy atom. The summed E-state index contributed by atoms with van der Waals surface area (Å²) in [6, 6.07) is 9.13. The van der Waals surface area contributed by atoms with Crippen LogP contribution < -0.4 is 0 Å². The highest BCUT2D eigenvalue weighted by Crippen LogP contribution is 2.28. The molecular weight excluding hydrogens is 388 g/mol. The Kier molecular flexibility index (Phi) is 7.71. The zero-order valence-electron chi connectivity index (χ0n) is 17.4. The number of carbonyl (C=O) groups excluding carboxylic acids is 1. The number of hydrogen-bond donors (Lipinski definition) is 1. The van der Waals surface area contributed by atoms with Crippen LogP contribution in [0, 0.1) is 5.92 Å². The maximum Gasteiger partial charge on any atom is 0.226 e. The van der Waals surface area contributed by atoms with Crippen LogP contribution in [0.3, 0.4) is 0 Å². The molecule has 1 aromatic rings. The monoisotopic (exact) mass is 422 g/mol. The number of carbonyl (C=O) groups is 1. The van der Waals surface area contributed by atoms with Crippen LogP contribution in [0.15, 0.2) is 30.3 Å². The van der Waals surface area contributed by atoms with Crippen molar-refractivity contribution in [3.8, 4) is 0 Å². The van der Waals surface area contributed by atoms with E-state index in [-0.39, 0.29) is 23.6 Å². The number of benzene rings is 1. The summed E-state index contributed by atoms with van der Waals surface area (Å²) >= 11 is 0. The quantitative estimate of drug-likeness (QED) is 0.733. The second kappa shape index (κ2) is 10.0. The predicted molar refractivity (Wildman–Crippen MR) is 114 cm³/mol. The molecule has 1 aliphatic carbocycles. The standard InChI is InChI=1S/C22H34N2O4S/c1-2-14-24(20-10-6-7-11-21(20)25)22(26)19-12-15-23(16-13-19)29(27,28)17-18-8-4-3-5-9-18/h3-5,8-9,19-21,25H,2,6-7,10-17H2,1H3. The number of hydrogen-bond acceptors (Lipinski definition) is 4. The summed E-state index contributed by atoms with van der Waals surface area (Å²) in [5.74, 6) is -0.0559. The van der Waals surface area contributed by atoms with Crippen LogP contribution in [0.5, 0.6) is 0 Å². The first-order chi connectivity index (χ1) is 13.9. The Labute approximate surface area is 174 Å². The van der Waals surface area contributed by atoms with Gasteiger partial charge in [0.15, 0.2) is 0 Å². The number of rotatable bonds is 7. The van der Waals surface area contributed by atoms with Gasteiger partial charge in [-0.05, 0) is 37.7 Å². The smallest absolute Gasteiger partial charge is 0.226 e. The van der Waals surface area contributed by atoms with Gasteiger partial charge in [-0.25, -0.2) is 12.7 Å². The van der Waals surface area contributed by atoms with Crippen molar-refractivity contribution in [1.29, 1.82) is 0 Å². The van der Waals surface area contributed by atoms with Gasteiger partial charge in [-0.1, -0.05) is 50.1 Å². The molecule has 162 valence electrons. The van der Waals surface area contributed by atoms with Crippen molar-refractivity contribution in [3.05, 3.63) is 35.9 Å². The lowest BCUT2D eigenvalue weighted by Crippen LogP contribution is -2.52. The van der Waals surface area contributed by atoms with Gasteiger partial charge in [0.1, 0.15) is 0 Å². The number of nitrogens with zero attached hydrogens (tertiary/aromatic N) is 2. The third kappa shape index (κ3) is 5.58. The average molecular weight is 423 g/mol. The molecule has 2 fully saturated rings. The van der Waals surface area contributed by atoms with Crippen molar-refractivity contribution >= 4 is 15.9 Å². The van der Waals surface area contributed by atoms with E-state index in [1.54, 1.807) is 0 Å². The molecule has 1 N–H and O–H groups in total. The summed E-state index contributed by atoms with van der Waals surface area (Å²) in [5, 5.41) is 10.4. The first-order valence-electron chi connectivity index (χ1n) is 10.9. The molecule has 0 aromatic heterocycles. The summed E-state index contributed by atoms with van der Waals surface area (Å²) in [6.45, 7) is 3.48.